The Morgan fingerprint density at radius 1 is 0.969 bits per heavy atom. The molecule has 4 aliphatic rings. The normalized spacial score (nSPS) is 30.2. The lowest BCUT2D eigenvalue weighted by Crippen LogP contribution is -2.70. The van der Waals surface area contributed by atoms with E-state index in [1.807, 2.05) is 18.2 Å². The van der Waals surface area contributed by atoms with Crippen molar-refractivity contribution in [3.63, 3.8) is 0 Å². The first-order valence-electron chi connectivity index (χ1n) is 11.1. The zero-order valence-electron chi connectivity index (χ0n) is 17.5. The van der Waals surface area contributed by atoms with E-state index in [0.29, 0.717) is 34.9 Å². The minimum absolute atomic E-state index is 0.0981. The predicted molar refractivity (Wildman–Crippen MR) is 115 cm³/mol. The molecule has 2 unspecified atom stereocenters. The Bertz CT molecular complexity index is 1180. The maximum Gasteiger partial charge on any atom is 0.415 e. The number of hydrogen-bond acceptors (Lipinski definition) is 6. The standard InChI is InChI=1S/C24H24N4O4/c29-20(19-7-3-4-8-25-19)26-23-10-15-9-16(11-23)13-24(12-15,14-23)27-22(30)31-21-17-5-1-2-6-18(17)28-32-21/h1-8,15-16H,9-14H2,(H,26,29)(H,27,30). The van der Waals surface area contributed by atoms with Gasteiger partial charge in [0.15, 0.2) is 0 Å². The van der Waals surface area contributed by atoms with E-state index in [1.165, 1.54) is 0 Å². The first kappa shape index (κ1) is 19.3. The van der Waals surface area contributed by atoms with E-state index in [-0.39, 0.29) is 17.4 Å². The fraction of sp³-hybridized carbons (Fsp3) is 0.417. The number of amides is 2. The van der Waals surface area contributed by atoms with Gasteiger partial charge in [-0.1, -0.05) is 23.4 Å². The van der Waals surface area contributed by atoms with Gasteiger partial charge < -0.3 is 19.9 Å². The molecule has 4 bridgehead atoms. The second kappa shape index (κ2) is 7.05. The molecule has 2 amide bonds. The minimum atomic E-state index is -0.542. The molecule has 4 saturated carbocycles. The molecule has 3 aromatic rings. The first-order valence-corrected chi connectivity index (χ1v) is 11.1. The van der Waals surface area contributed by atoms with Crippen molar-refractivity contribution in [1.82, 2.24) is 20.8 Å². The molecule has 2 N–H and O–H groups in total. The summed E-state index contributed by atoms with van der Waals surface area (Å²) in [7, 11) is 0. The number of aromatic nitrogens is 2. The molecule has 4 fully saturated rings. The van der Waals surface area contributed by atoms with Crippen molar-refractivity contribution in [3.8, 4) is 5.95 Å². The lowest BCUT2D eigenvalue weighted by atomic mass is 9.50. The Morgan fingerprint density at radius 3 is 2.44 bits per heavy atom. The monoisotopic (exact) mass is 432 g/mol. The number of benzene rings is 1. The summed E-state index contributed by atoms with van der Waals surface area (Å²) in [4.78, 5) is 29.9. The maximum atomic E-state index is 12.9. The van der Waals surface area contributed by atoms with E-state index in [4.69, 9.17) is 9.26 Å². The average Bonchev–Trinajstić information content (AvgIpc) is 3.15. The van der Waals surface area contributed by atoms with Crippen molar-refractivity contribution < 1.29 is 18.8 Å². The number of ether oxygens (including phenoxy) is 1. The zero-order valence-corrected chi connectivity index (χ0v) is 17.5. The summed E-state index contributed by atoms with van der Waals surface area (Å²) in [5, 5.41) is 11.0. The maximum absolute atomic E-state index is 12.9. The highest BCUT2D eigenvalue weighted by Crippen LogP contribution is 2.57. The summed E-state index contributed by atoms with van der Waals surface area (Å²) < 4.78 is 10.7. The van der Waals surface area contributed by atoms with Crippen LogP contribution in [0.15, 0.2) is 53.2 Å². The molecule has 32 heavy (non-hydrogen) atoms. The quantitative estimate of drug-likeness (QED) is 0.649. The van der Waals surface area contributed by atoms with E-state index in [9.17, 15) is 9.59 Å². The molecular formula is C24H24N4O4. The van der Waals surface area contributed by atoms with Crippen LogP contribution in [-0.2, 0) is 0 Å². The van der Waals surface area contributed by atoms with Crippen molar-refractivity contribution in [2.75, 3.05) is 0 Å². The lowest BCUT2D eigenvalue weighted by molar-refractivity contribution is -0.0452. The summed E-state index contributed by atoms with van der Waals surface area (Å²) in [6, 6.07) is 12.6. The van der Waals surface area contributed by atoms with Crippen LogP contribution in [0.25, 0.3) is 10.9 Å². The molecule has 1 aromatic carbocycles. The molecule has 4 aliphatic carbocycles. The predicted octanol–water partition coefficient (Wildman–Crippen LogP) is 3.83. The van der Waals surface area contributed by atoms with Crippen LogP contribution in [0.2, 0.25) is 0 Å². The minimum Gasteiger partial charge on any atom is -0.374 e. The van der Waals surface area contributed by atoms with E-state index in [0.717, 1.165) is 32.1 Å². The Balaban J connectivity index is 1.21. The second-order valence-electron chi connectivity index (χ2n) is 9.69. The van der Waals surface area contributed by atoms with E-state index >= 15 is 0 Å². The van der Waals surface area contributed by atoms with Gasteiger partial charge in [0.1, 0.15) is 11.2 Å². The highest BCUT2D eigenvalue weighted by molar-refractivity contribution is 5.92. The van der Waals surface area contributed by atoms with Gasteiger partial charge in [-0.25, -0.2) is 4.79 Å². The number of nitrogens with zero attached hydrogens (tertiary/aromatic N) is 2. The first-order chi connectivity index (χ1) is 15.5. The van der Waals surface area contributed by atoms with Crippen molar-refractivity contribution >= 4 is 22.9 Å². The van der Waals surface area contributed by atoms with Crippen LogP contribution < -0.4 is 15.4 Å². The third-order valence-corrected chi connectivity index (χ3v) is 7.24. The van der Waals surface area contributed by atoms with Gasteiger partial charge in [-0.3, -0.25) is 9.78 Å². The second-order valence-corrected chi connectivity index (χ2v) is 9.69. The lowest BCUT2D eigenvalue weighted by Gasteiger charge is -2.61. The van der Waals surface area contributed by atoms with Gasteiger partial charge in [0.05, 0.1) is 5.39 Å². The summed E-state index contributed by atoms with van der Waals surface area (Å²) in [5.41, 5.74) is 0.336. The van der Waals surface area contributed by atoms with Crippen LogP contribution in [0.5, 0.6) is 5.95 Å². The largest absolute Gasteiger partial charge is 0.415 e. The molecule has 8 nitrogen and oxygen atoms in total. The fourth-order valence-corrected chi connectivity index (χ4v) is 6.62. The third kappa shape index (κ3) is 3.30. The molecule has 164 valence electrons. The Hall–Kier alpha value is -3.42. The van der Waals surface area contributed by atoms with Crippen molar-refractivity contribution in [2.24, 2.45) is 11.8 Å². The van der Waals surface area contributed by atoms with Crippen LogP contribution in [0.4, 0.5) is 4.79 Å². The van der Waals surface area contributed by atoms with E-state index in [1.54, 1.807) is 30.5 Å². The van der Waals surface area contributed by atoms with Crippen LogP contribution in [-0.4, -0.2) is 33.2 Å². The highest BCUT2D eigenvalue weighted by Gasteiger charge is 2.59. The number of fused-ring (bicyclic) bond motifs is 1. The van der Waals surface area contributed by atoms with Gasteiger partial charge in [0.25, 0.3) is 5.91 Å². The number of carbonyl (C=O) groups excluding carboxylic acids is 2. The van der Waals surface area contributed by atoms with Gasteiger partial charge in [0, 0.05) is 17.3 Å². The Labute approximate surface area is 184 Å². The number of nitrogens with one attached hydrogen (secondary N) is 2. The van der Waals surface area contributed by atoms with Gasteiger partial charge in [-0.15, -0.1) is 0 Å². The Kier molecular flexibility index (Phi) is 4.25. The van der Waals surface area contributed by atoms with E-state index < -0.39 is 11.6 Å². The summed E-state index contributed by atoms with van der Waals surface area (Å²) >= 11 is 0. The van der Waals surface area contributed by atoms with Gasteiger partial charge >= 0.3 is 12.0 Å². The van der Waals surface area contributed by atoms with E-state index in [2.05, 4.69) is 20.8 Å². The number of hydrogen-bond donors (Lipinski definition) is 2. The van der Waals surface area contributed by atoms with Crippen LogP contribution >= 0.6 is 0 Å². The smallest absolute Gasteiger partial charge is 0.374 e. The highest BCUT2D eigenvalue weighted by atomic mass is 16.7. The molecule has 2 atom stereocenters. The van der Waals surface area contributed by atoms with Crippen LogP contribution in [0, 0.1) is 11.8 Å². The SMILES string of the molecule is O=C(NC12CC3CC(C1)CC(NC(=O)c1ccccn1)(C3)C2)Oc1onc2ccccc12. The summed E-state index contributed by atoms with van der Waals surface area (Å²) in [5.74, 6) is 0.873. The molecule has 8 heteroatoms. The zero-order chi connectivity index (χ0) is 21.8. The molecule has 2 aromatic heterocycles. The average molecular weight is 432 g/mol. The van der Waals surface area contributed by atoms with Crippen molar-refractivity contribution in [1.29, 1.82) is 0 Å². The third-order valence-electron chi connectivity index (χ3n) is 7.24. The van der Waals surface area contributed by atoms with Crippen LogP contribution in [0.3, 0.4) is 0 Å². The van der Waals surface area contributed by atoms with Crippen LogP contribution in [0.1, 0.15) is 49.0 Å². The molecule has 0 radical (unpaired) electrons. The summed E-state index contributed by atoms with van der Waals surface area (Å²) in [6.07, 6.45) is 6.60. The topological polar surface area (TPSA) is 106 Å². The summed E-state index contributed by atoms with van der Waals surface area (Å²) in [6.45, 7) is 0. The van der Waals surface area contributed by atoms with Crippen molar-refractivity contribution in [3.05, 3.63) is 54.4 Å². The molecular weight excluding hydrogens is 408 g/mol. The Morgan fingerprint density at radius 2 is 1.69 bits per heavy atom. The molecule has 0 aliphatic heterocycles. The number of pyridine rings is 1. The number of rotatable bonds is 4. The van der Waals surface area contributed by atoms with Crippen molar-refractivity contribution in [2.45, 2.75) is 49.6 Å². The van der Waals surface area contributed by atoms with Gasteiger partial charge in [0.2, 0.25) is 0 Å². The molecule has 0 spiro atoms. The fourth-order valence-electron chi connectivity index (χ4n) is 6.62. The number of carbonyl (C=O) groups is 2. The van der Waals surface area contributed by atoms with Gasteiger partial charge in [-0.2, -0.15) is 0 Å². The molecule has 2 heterocycles. The molecule has 7 rings (SSSR count). The molecule has 0 saturated heterocycles. The van der Waals surface area contributed by atoms with Gasteiger partial charge in [-0.05, 0) is 74.6 Å².